The number of rotatable bonds is 3. The maximum Gasteiger partial charge on any atom is 0.272 e. The van der Waals surface area contributed by atoms with Crippen LogP contribution in [0, 0.1) is 0 Å². The summed E-state index contributed by atoms with van der Waals surface area (Å²) in [7, 11) is 0. The molecule has 1 unspecified atom stereocenters. The summed E-state index contributed by atoms with van der Waals surface area (Å²) in [5, 5.41) is 0. The number of halogens is 2. The molecule has 0 heterocycles. The number of nitrogens with two attached hydrogens (primary N) is 1. The fourth-order valence-corrected chi connectivity index (χ4v) is 1.94. The number of hydrogen-bond acceptors (Lipinski definition) is 2. The topological polar surface area (TPSA) is 35.2 Å². The lowest BCUT2D eigenvalue weighted by Gasteiger charge is -2.10. The maximum absolute atomic E-state index is 12.0. The van der Waals surface area contributed by atoms with Gasteiger partial charge in [-0.1, -0.05) is 12.1 Å². The Morgan fingerprint density at radius 2 is 2.27 bits per heavy atom. The quantitative estimate of drug-likeness (QED) is 0.836. The number of ether oxygens (including phenoxy) is 1. The molecule has 1 atom stereocenters. The van der Waals surface area contributed by atoms with Crippen molar-refractivity contribution < 1.29 is 13.5 Å². The molecule has 1 aliphatic rings. The normalized spacial score (nSPS) is 19.3. The molecule has 4 heteroatoms. The minimum atomic E-state index is -2.43. The van der Waals surface area contributed by atoms with Crippen LogP contribution < -0.4 is 10.5 Å². The van der Waals surface area contributed by atoms with E-state index in [-0.39, 0.29) is 6.04 Å². The summed E-state index contributed by atoms with van der Waals surface area (Å²) >= 11 is 0. The fraction of sp³-hybridized carbons (Fsp3) is 0.455. The van der Waals surface area contributed by atoms with E-state index in [0.717, 1.165) is 24.0 Å². The van der Waals surface area contributed by atoms with Crippen LogP contribution >= 0.6 is 0 Å². The van der Waals surface area contributed by atoms with Gasteiger partial charge in [0.05, 0.1) is 0 Å². The smallest absolute Gasteiger partial charge is 0.272 e. The van der Waals surface area contributed by atoms with E-state index in [1.807, 2.05) is 6.07 Å². The van der Waals surface area contributed by atoms with E-state index in [1.54, 1.807) is 12.1 Å². The van der Waals surface area contributed by atoms with Crippen LogP contribution in [0.4, 0.5) is 8.78 Å². The highest BCUT2D eigenvalue weighted by Gasteiger charge is 2.22. The Hall–Kier alpha value is -1.16. The lowest BCUT2D eigenvalue weighted by atomic mass is 10.1. The van der Waals surface area contributed by atoms with Crippen molar-refractivity contribution in [2.45, 2.75) is 25.3 Å². The van der Waals surface area contributed by atoms with Crippen molar-refractivity contribution in [3.63, 3.8) is 0 Å². The number of hydrogen-bond donors (Lipinski definition) is 1. The van der Waals surface area contributed by atoms with E-state index >= 15 is 0 Å². The summed E-state index contributed by atoms with van der Waals surface area (Å²) < 4.78 is 29.1. The van der Waals surface area contributed by atoms with Crippen molar-refractivity contribution in [2.75, 3.05) is 6.61 Å². The molecule has 2 nitrogen and oxygen atoms in total. The van der Waals surface area contributed by atoms with Crippen molar-refractivity contribution in [3.8, 4) is 5.75 Å². The Morgan fingerprint density at radius 3 is 3.00 bits per heavy atom. The van der Waals surface area contributed by atoms with Gasteiger partial charge in [0.25, 0.3) is 6.43 Å². The van der Waals surface area contributed by atoms with E-state index in [1.165, 1.54) is 0 Å². The molecule has 0 aliphatic heterocycles. The van der Waals surface area contributed by atoms with Gasteiger partial charge < -0.3 is 10.5 Å². The molecule has 2 rings (SSSR count). The van der Waals surface area contributed by atoms with Crippen molar-refractivity contribution in [2.24, 2.45) is 5.73 Å². The van der Waals surface area contributed by atoms with Crippen LogP contribution in [0.3, 0.4) is 0 Å². The third-order valence-corrected chi connectivity index (χ3v) is 2.64. The van der Waals surface area contributed by atoms with E-state index in [4.69, 9.17) is 10.5 Å². The third kappa shape index (κ3) is 2.09. The van der Waals surface area contributed by atoms with E-state index in [0.29, 0.717) is 5.75 Å². The summed E-state index contributed by atoms with van der Waals surface area (Å²) in [4.78, 5) is 0. The first-order valence-corrected chi connectivity index (χ1v) is 4.97. The molecular weight excluding hydrogens is 200 g/mol. The van der Waals surface area contributed by atoms with E-state index in [9.17, 15) is 8.78 Å². The van der Waals surface area contributed by atoms with Gasteiger partial charge in [-0.3, -0.25) is 0 Å². The van der Waals surface area contributed by atoms with Gasteiger partial charge in [0.15, 0.2) is 0 Å². The van der Waals surface area contributed by atoms with Gasteiger partial charge >= 0.3 is 0 Å². The molecular formula is C11H13F2NO. The first kappa shape index (κ1) is 10.4. The molecule has 0 fully saturated rings. The molecule has 1 aromatic rings. The summed E-state index contributed by atoms with van der Waals surface area (Å²) in [5.74, 6) is 0.556. The van der Waals surface area contributed by atoms with Crippen molar-refractivity contribution >= 4 is 0 Å². The van der Waals surface area contributed by atoms with Crippen LogP contribution in [0.1, 0.15) is 23.6 Å². The molecule has 0 amide bonds. The summed E-state index contributed by atoms with van der Waals surface area (Å²) in [6.45, 7) is -0.550. The zero-order chi connectivity index (χ0) is 10.8. The third-order valence-electron chi connectivity index (χ3n) is 2.64. The van der Waals surface area contributed by atoms with Gasteiger partial charge in [-0.2, -0.15) is 0 Å². The van der Waals surface area contributed by atoms with Crippen molar-refractivity contribution in [1.29, 1.82) is 0 Å². The van der Waals surface area contributed by atoms with Gasteiger partial charge in [-0.15, -0.1) is 0 Å². The number of fused-ring (bicyclic) bond motifs is 1. The van der Waals surface area contributed by atoms with Gasteiger partial charge in [0.1, 0.15) is 12.4 Å². The predicted molar refractivity (Wildman–Crippen MR) is 53.2 cm³/mol. The number of alkyl halides is 2. The monoisotopic (exact) mass is 213 g/mol. The fourth-order valence-electron chi connectivity index (χ4n) is 1.94. The summed E-state index contributed by atoms with van der Waals surface area (Å²) in [6.07, 6.45) is -0.753. The second-order valence-electron chi connectivity index (χ2n) is 3.67. The minimum absolute atomic E-state index is 0.0232. The van der Waals surface area contributed by atoms with Gasteiger partial charge in [0.2, 0.25) is 0 Å². The van der Waals surface area contributed by atoms with Crippen molar-refractivity contribution in [3.05, 3.63) is 29.3 Å². The molecule has 82 valence electrons. The van der Waals surface area contributed by atoms with Crippen LogP contribution in [0.5, 0.6) is 5.75 Å². The SMILES string of the molecule is NC1CCc2c(OCC(F)F)cccc21. The Morgan fingerprint density at radius 1 is 1.47 bits per heavy atom. The Labute approximate surface area is 87.0 Å². The van der Waals surface area contributed by atoms with Crippen LogP contribution in [0.2, 0.25) is 0 Å². The molecule has 15 heavy (non-hydrogen) atoms. The van der Waals surface area contributed by atoms with Crippen LogP contribution in [0.15, 0.2) is 18.2 Å². The number of benzene rings is 1. The molecule has 0 radical (unpaired) electrons. The van der Waals surface area contributed by atoms with Crippen molar-refractivity contribution in [1.82, 2.24) is 0 Å². The molecule has 0 spiro atoms. The maximum atomic E-state index is 12.0. The molecule has 0 saturated heterocycles. The van der Waals surface area contributed by atoms with E-state index < -0.39 is 13.0 Å². The summed E-state index contributed by atoms with van der Waals surface area (Å²) in [6, 6.07) is 5.47. The molecule has 0 saturated carbocycles. The van der Waals surface area contributed by atoms with Gasteiger partial charge in [0, 0.05) is 6.04 Å². The standard InChI is InChI=1S/C11H13F2NO/c12-11(13)6-15-10-3-1-2-7-8(10)4-5-9(7)14/h1-3,9,11H,4-6,14H2. The Bertz CT molecular complexity index is 354. The first-order valence-electron chi connectivity index (χ1n) is 4.97. The largest absolute Gasteiger partial charge is 0.487 e. The average Bonchev–Trinajstić information content (AvgIpc) is 2.58. The Kier molecular flexibility index (Phi) is 2.86. The van der Waals surface area contributed by atoms with E-state index in [2.05, 4.69) is 0 Å². The zero-order valence-corrected chi connectivity index (χ0v) is 8.25. The lowest BCUT2D eigenvalue weighted by Crippen LogP contribution is -2.09. The zero-order valence-electron chi connectivity index (χ0n) is 8.25. The Balaban J connectivity index is 2.19. The molecule has 0 aromatic heterocycles. The molecule has 0 bridgehead atoms. The second kappa shape index (κ2) is 4.14. The first-order chi connectivity index (χ1) is 7.18. The second-order valence-corrected chi connectivity index (χ2v) is 3.67. The summed E-state index contributed by atoms with van der Waals surface area (Å²) in [5.41, 5.74) is 7.89. The molecule has 1 aliphatic carbocycles. The highest BCUT2D eigenvalue weighted by atomic mass is 19.3. The lowest BCUT2D eigenvalue weighted by molar-refractivity contribution is 0.0815. The average molecular weight is 213 g/mol. The van der Waals surface area contributed by atoms with Crippen LogP contribution in [-0.4, -0.2) is 13.0 Å². The van der Waals surface area contributed by atoms with Gasteiger partial charge in [-0.05, 0) is 30.0 Å². The van der Waals surface area contributed by atoms with Crippen LogP contribution in [0.25, 0.3) is 0 Å². The highest BCUT2D eigenvalue weighted by molar-refractivity contribution is 5.44. The highest BCUT2D eigenvalue weighted by Crippen LogP contribution is 2.35. The minimum Gasteiger partial charge on any atom is -0.487 e. The van der Waals surface area contributed by atoms with Gasteiger partial charge in [-0.25, -0.2) is 8.78 Å². The van der Waals surface area contributed by atoms with Crippen LogP contribution in [-0.2, 0) is 6.42 Å². The predicted octanol–water partition coefficient (Wildman–Crippen LogP) is 2.28. The molecule has 2 N–H and O–H groups in total. The molecule has 1 aromatic carbocycles.